The van der Waals surface area contributed by atoms with Gasteiger partial charge in [0.2, 0.25) is 0 Å². The second kappa shape index (κ2) is 9.71. The Morgan fingerprint density at radius 2 is 2.07 bits per heavy atom. The van der Waals surface area contributed by atoms with Crippen molar-refractivity contribution in [2.75, 3.05) is 23.8 Å². The van der Waals surface area contributed by atoms with Gasteiger partial charge in [-0.25, -0.2) is 9.97 Å². The minimum absolute atomic E-state index is 0.266. The van der Waals surface area contributed by atoms with Gasteiger partial charge in [-0.15, -0.1) is 0 Å². The number of nitrogens with zero attached hydrogens (tertiary/aromatic N) is 2. The predicted molar refractivity (Wildman–Crippen MR) is 107 cm³/mol. The first kappa shape index (κ1) is 18.9. The largest absolute Gasteiger partial charge is 0.492 e. The normalized spacial score (nSPS) is 13.6. The Kier molecular flexibility index (Phi) is 6.79. The van der Waals surface area contributed by atoms with Gasteiger partial charge in [0.05, 0.1) is 24.7 Å². The van der Waals surface area contributed by atoms with Crippen LogP contribution in [-0.4, -0.2) is 29.0 Å². The fourth-order valence-corrected chi connectivity index (χ4v) is 3.06. The zero-order chi connectivity index (χ0) is 18.9. The van der Waals surface area contributed by atoms with Crippen molar-refractivity contribution < 1.29 is 9.53 Å². The number of anilines is 2. The Balaban J connectivity index is 1.53. The minimum Gasteiger partial charge on any atom is -0.492 e. The number of para-hydroxylation sites is 2. The molecule has 142 valence electrons. The van der Waals surface area contributed by atoms with E-state index in [9.17, 15) is 4.79 Å². The van der Waals surface area contributed by atoms with Crippen LogP contribution in [0.4, 0.5) is 11.5 Å². The van der Waals surface area contributed by atoms with Gasteiger partial charge in [-0.05, 0) is 51.2 Å². The van der Waals surface area contributed by atoms with Crippen molar-refractivity contribution >= 4 is 17.4 Å². The van der Waals surface area contributed by atoms with Gasteiger partial charge < -0.3 is 15.4 Å². The molecule has 2 N–H and O–H groups in total. The topological polar surface area (TPSA) is 76.1 Å². The monoisotopic (exact) mass is 366 g/mol. The predicted octanol–water partition coefficient (Wildman–Crippen LogP) is 4.43. The lowest BCUT2D eigenvalue weighted by molar-refractivity contribution is 0.102. The van der Waals surface area contributed by atoms with Gasteiger partial charge in [-0.2, -0.15) is 0 Å². The van der Waals surface area contributed by atoms with Crippen molar-refractivity contribution in [3.63, 3.8) is 0 Å². The number of hydrogen-bond acceptors (Lipinski definition) is 5. The summed E-state index contributed by atoms with van der Waals surface area (Å²) in [6, 6.07) is 7.33. The van der Waals surface area contributed by atoms with E-state index in [1.54, 1.807) is 12.3 Å². The van der Waals surface area contributed by atoms with E-state index in [1.807, 2.05) is 25.1 Å². The van der Waals surface area contributed by atoms with Crippen LogP contribution in [0.2, 0.25) is 0 Å². The van der Waals surface area contributed by atoms with E-state index in [1.165, 1.54) is 37.5 Å². The molecule has 1 aromatic carbocycles. The van der Waals surface area contributed by atoms with Crippen LogP contribution >= 0.6 is 0 Å². The van der Waals surface area contributed by atoms with Gasteiger partial charge >= 0.3 is 0 Å². The maximum absolute atomic E-state index is 12.4. The summed E-state index contributed by atoms with van der Waals surface area (Å²) in [4.78, 5) is 20.9. The number of benzene rings is 1. The molecule has 0 radical (unpaired) electrons. The number of ether oxygens (including phenoxy) is 1. The average molecular weight is 366 g/mol. The van der Waals surface area contributed by atoms with Crippen molar-refractivity contribution in [1.82, 2.24) is 9.97 Å². The molecule has 1 aromatic heterocycles. The Morgan fingerprint density at radius 1 is 1.19 bits per heavy atom. The molecule has 6 heteroatoms. The van der Waals surface area contributed by atoms with Crippen LogP contribution in [0.3, 0.4) is 0 Å². The van der Waals surface area contributed by atoms with Crippen LogP contribution < -0.4 is 15.4 Å². The first-order valence-corrected chi connectivity index (χ1v) is 9.53. The number of nitrogens with one attached hydrogen (secondary N) is 2. The zero-order valence-corrected chi connectivity index (χ0v) is 15.7. The molecule has 1 aliphatic carbocycles. The summed E-state index contributed by atoms with van der Waals surface area (Å²) in [6.45, 7) is 3.26. The van der Waals surface area contributed by atoms with E-state index in [2.05, 4.69) is 26.7 Å². The number of rotatable bonds is 8. The van der Waals surface area contributed by atoms with E-state index in [-0.39, 0.29) is 11.6 Å². The molecule has 0 spiro atoms. The summed E-state index contributed by atoms with van der Waals surface area (Å²) in [5.41, 5.74) is 2.40. The molecule has 6 nitrogen and oxygen atoms in total. The number of carbonyl (C=O) groups excluding carboxylic acids is 1. The van der Waals surface area contributed by atoms with Gasteiger partial charge in [0.25, 0.3) is 5.91 Å². The highest BCUT2D eigenvalue weighted by Crippen LogP contribution is 2.24. The summed E-state index contributed by atoms with van der Waals surface area (Å²) in [7, 11) is 0. The second-order valence-electron chi connectivity index (χ2n) is 6.46. The molecule has 0 fully saturated rings. The smallest absolute Gasteiger partial charge is 0.275 e. The highest BCUT2D eigenvalue weighted by Gasteiger charge is 2.11. The summed E-state index contributed by atoms with van der Waals surface area (Å²) in [5, 5.41) is 6.09. The highest BCUT2D eigenvalue weighted by atomic mass is 16.5. The first-order valence-electron chi connectivity index (χ1n) is 9.53. The molecule has 0 unspecified atom stereocenters. The molecule has 3 rings (SSSR count). The van der Waals surface area contributed by atoms with Gasteiger partial charge in [-0.1, -0.05) is 23.8 Å². The van der Waals surface area contributed by atoms with E-state index >= 15 is 0 Å². The van der Waals surface area contributed by atoms with Crippen LogP contribution in [0.1, 0.15) is 49.5 Å². The summed E-state index contributed by atoms with van der Waals surface area (Å²) in [6.07, 6.45) is 11.5. The van der Waals surface area contributed by atoms with Gasteiger partial charge in [0, 0.05) is 6.54 Å². The number of amides is 1. The van der Waals surface area contributed by atoms with Crippen LogP contribution in [0.5, 0.6) is 5.75 Å². The fraction of sp³-hybridized carbons (Fsp3) is 0.381. The van der Waals surface area contributed by atoms with Gasteiger partial charge in [0.1, 0.15) is 17.3 Å². The molecular formula is C21H26N4O2. The van der Waals surface area contributed by atoms with Crippen molar-refractivity contribution in [2.45, 2.75) is 39.0 Å². The molecule has 0 saturated heterocycles. The molecule has 1 aliphatic rings. The maximum Gasteiger partial charge on any atom is 0.275 e. The lowest BCUT2D eigenvalue weighted by Crippen LogP contribution is -2.15. The summed E-state index contributed by atoms with van der Waals surface area (Å²) >= 11 is 0. The third kappa shape index (κ3) is 5.54. The molecule has 0 bridgehead atoms. The van der Waals surface area contributed by atoms with Crippen molar-refractivity contribution in [2.24, 2.45) is 0 Å². The van der Waals surface area contributed by atoms with E-state index in [0.717, 1.165) is 13.0 Å². The molecule has 1 amide bonds. The lowest BCUT2D eigenvalue weighted by atomic mass is 9.97. The molecule has 1 heterocycles. The molecule has 0 saturated carbocycles. The van der Waals surface area contributed by atoms with Gasteiger partial charge in [-0.3, -0.25) is 4.79 Å². The quantitative estimate of drug-likeness (QED) is 0.676. The Morgan fingerprint density at radius 3 is 2.81 bits per heavy atom. The van der Waals surface area contributed by atoms with Crippen LogP contribution in [0.25, 0.3) is 0 Å². The third-order valence-electron chi connectivity index (χ3n) is 4.46. The number of aromatic nitrogens is 2. The van der Waals surface area contributed by atoms with Crippen molar-refractivity contribution in [3.05, 3.63) is 54.0 Å². The lowest BCUT2D eigenvalue weighted by Gasteiger charge is -2.13. The molecule has 0 aliphatic heterocycles. The second-order valence-corrected chi connectivity index (χ2v) is 6.46. The van der Waals surface area contributed by atoms with E-state index in [4.69, 9.17) is 4.74 Å². The maximum atomic E-state index is 12.4. The average Bonchev–Trinajstić information content (AvgIpc) is 2.71. The third-order valence-corrected chi connectivity index (χ3v) is 4.46. The SMILES string of the molecule is CCOc1ccccc1NC(=O)c1cnc(NCCC2=CCCCC2)cn1. The minimum atomic E-state index is -0.312. The van der Waals surface area contributed by atoms with E-state index < -0.39 is 0 Å². The van der Waals surface area contributed by atoms with Gasteiger partial charge in [0.15, 0.2) is 0 Å². The Labute approximate surface area is 160 Å². The molecular weight excluding hydrogens is 340 g/mol. The van der Waals surface area contributed by atoms with E-state index in [0.29, 0.717) is 23.9 Å². The summed E-state index contributed by atoms with van der Waals surface area (Å²) in [5.74, 6) is 1.00. The first-order chi connectivity index (χ1) is 13.3. The van der Waals surface area contributed by atoms with Crippen molar-refractivity contribution in [3.8, 4) is 5.75 Å². The molecule has 2 aromatic rings. The van der Waals surface area contributed by atoms with Crippen LogP contribution in [0, 0.1) is 0 Å². The Bertz CT molecular complexity index is 787. The fourth-order valence-electron chi connectivity index (χ4n) is 3.06. The molecule has 0 atom stereocenters. The zero-order valence-electron chi connectivity index (χ0n) is 15.7. The number of allylic oxidation sites excluding steroid dienone is 1. The van der Waals surface area contributed by atoms with Crippen LogP contribution in [0.15, 0.2) is 48.3 Å². The summed E-state index contributed by atoms with van der Waals surface area (Å²) < 4.78 is 5.52. The standard InChI is InChI=1S/C21H26N4O2/c1-2-27-19-11-7-6-10-17(19)25-21(26)18-14-24-20(15-23-18)22-13-12-16-8-4-3-5-9-16/h6-8,10-11,14-15H,2-5,9,12-13H2,1H3,(H,22,24)(H,25,26). The highest BCUT2D eigenvalue weighted by molar-refractivity contribution is 6.03. The van der Waals surface area contributed by atoms with Crippen LogP contribution in [-0.2, 0) is 0 Å². The Hall–Kier alpha value is -2.89. The van der Waals surface area contributed by atoms with Crippen molar-refractivity contribution in [1.29, 1.82) is 0 Å². The number of hydrogen-bond donors (Lipinski definition) is 2. The molecule has 27 heavy (non-hydrogen) atoms. The number of carbonyl (C=O) groups is 1.